The van der Waals surface area contributed by atoms with Crippen LogP contribution in [-0.4, -0.2) is 17.1 Å². The Morgan fingerprint density at radius 1 is 1.44 bits per heavy atom. The van der Waals surface area contributed by atoms with Gasteiger partial charge in [-0.05, 0) is 49.9 Å². The Balaban J connectivity index is 2.02. The standard InChI is InChI=1S/C14H18ClNO2/c1-9-7-11(15)5-6-13(9)16-12-4-2-3-10(8-12)14(17)18/h5-7,10,12,16H,2-4,8H2,1H3,(H,17,18). The summed E-state index contributed by atoms with van der Waals surface area (Å²) in [4.78, 5) is 11.0. The second-order valence-corrected chi connectivity index (χ2v) is 5.44. The van der Waals surface area contributed by atoms with Crippen LogP contribution in [0, 0.1) is 12.8 Å². The zero-order valence-corrected chi connectivity index (χ0v) is 11.2. The minimum Gasteiger partial charge on any atom is -0.481 e. The number of carboxylic acids is 1. The number of hydrogen-bond donors (Lipinski definition) is 2. The highest BCUT2D eigenvalue weighted by Crippen LogP contribution is 2.28. The molecular formula is C14H18ClNO2. The van der Waals surface area contributed by atoms with E-state index in [1.807, 2.05) is 25.1 Å². The summed E-state index contributed by atoms with van der Waals surface area (Å²) < 4.78 is 0. The third kappa shape index (κ3) is 3.16. The van der Waals surface area contributed by atoms with Crippen LogP contribution in [0.4, 0.5) is 5.69 Å². The quantitative estimate of drug-likeness (QED) is 0.878. The molecule has 1 fully saturated rings. The molecule has 1 aliphatic carbocycles. The van der Waals surface area contributed by atoms with E-state index in [-0.39, 0.29) is 12.0 Å². The number of carbonyl (C=O) groups is 1. The molecule has 0 spiro atoms. The van der Waals surface area contributed by atoms with E-state index in [9.17, 15) is 4.79 Å². The summed E-state index contributed by atoms with van der Waals surface area (Å²) in [5, 5.41) is 13.2. The largest absolute Gasteiger partial charge is 0.481 e. The maximum Gasteiger partial charge on any atom is 0.306 e. The molecular weight excluding hydrogens is 250 g/mol. The number of hydrogen-bond acceptors (Lipinski definition) is 2. The topological polar surface area (TPSA) is 49.3 Å². The van der Waals surface area contributed by atoms with E-state index in [1.165, 1.54) is 0 Å². The van der Waals surface area contributed by atoms with Gasteiger partial charge >= 0.3 is 5.97 Å². The maximum atomic E-state index is 11.0. The lowest BCUT2D eigenvalue weighted by Gasteiger charge is -2.28. The van der Waals surface area contributed by atoms with E-state index in [0.717, 1.165) is 35.5 Å². The lowest BCUT2D eigenvalue weighted by atomic mass is 9.85. The molecule has 1 aliphatic rings. The molecule has 0 saturated heterocycles. The van der Waals surface area contributed by atoms with Gasteiger partial charge in [0, 0.05) is 16.8 Å². The number of halogens is 1. The van der Waals surface area contributed by atoms with Crippen molar-refractivity contribution < 1.29 is 9.90 Å². The number of rotatable bonds is 3. The smallest absolute Gasteiger partial charge is 0.306 e. The number of nitrogens with one attached hydrogen (secondary N) is 1. The SMILES string of the molecule is Cc1cc(Cl)ccc1NC1CCCC(C(=O)O)C1. The first kappa shape index (κ1) is 13.2. The predicted molar refractivity (Wildman–Crippen MR) is 73.2 cm³/mol. The Kier molecular flexibility index (Phi) is 4.12. The Labute approximate surface area is 112 Å². The van der Waals surface area contributed by atoms with Crippen molar-refractivity contribution in [2.24, 2.45) is 5.92 Å². The average molecular weight is 268 g/mol. The summed E-state index contributed by atoms with van der Waals surface area (Å²) in [6.45, 7) is 2.01. The van der Waals surface area contributed by atoms with Crippen molar-refractivity contribution in [1.82, 2.24) is 0 Å². The van der Waals surface area contributed by atoms with Gasteiger partial charge in [-0.2, -0.15) is 0 Å². The molecule has 3 nitrogen and oxygen atoms in total. The molecule has 0 amide bonds. The molecule has 0 aliphatic heterocycles. The third-order valence-electron chi connectivity index (χ3n) is 3.57. The van der Waals surface area contributed by atoms with Crippen LogP contribution in [-0.2, 0) is 4.79 Å². The summed E-state index contributed by atoms with van der Waals surface area (Å²) in [6, 6.07) is 5.98. The Morgan fingerprint density at radius 3 is 2.89 bits per heavy atom. The van der Waals surface area contributed by atoms with Crippen LogP contribution in [0.15, 0.2) is 18.2 Å². The maximum absolute atomic E-state index is 11.0. The number of aryl methyl sites for hydroxylation is 1. The number of carboxylic acid groups (broad SMARTS) is 1. The van der Waals surface area contributed by atoms with Gasteiger partial charge in [0.1, 0.15) is 0 Å². The third-order valence-corrected chi connectivity index (χ3v) is 3.81. The second kappa shape index (κ2) is 5.61. The van der Waals surface area contributed by atoms with Crippen molar-refractivity contribution in [3.8, 4) is 0 Å². The van der Waals surface area contributed by atoms with E-state index in [1.54, 1.807) is 0 Å². The first-order chi connectivity index (χ1) is 8.56. The fourth-order valence-corrected chi connectivity index (χ4v) is 2.78. The van der Waals surface area contributed by atoms with Crippen LogP contribution in [0.3, 0.4) is 0 Å². The average Bonchev–Trinajstić information content (AvgIpc) is 2.33. The lowest BCUT2D eigenvalue weighted by Crippen LogP contribution is -2.31. The van der Waals surface area contributed by atoms with Gasteiger partial charge in [0.05, 0.1) is 5.92 Å². The van der Waals surface area contributed by atoms with Crippen molar-refractivity contribution in [2.45, 2.75) is 38.6 Å². The number of aliphatic carboxylic acids is 1. The van der Waals surface area contributed by atoms with E-state index in [2.05, 4.69) is 5.32 Å². The molecule has 98 valence electrons. The molecule has 0 radical (unpaired) electrons. The van der Waals surface area contributed by atoms with Gasteiger partial charge < -0.3 is 10.4 Å². The molecule has 0 aromatic heterocycles. The Morgan fingerprint density at radius 2 is 2.22 bits per heavy atom. The highest BCUT2D eigenvalue weighted by molar-refractivity contribution is 6.30. The van der Waals surface area contributed by atoms with E-state index in [0.29, 0.717) is 6.42 Å². The Hall–Kier alpha value is -1.22. The summed E-state index contributed by atoms with van der Waals surface area (Å²) in [5.41, 5.74) is 2.15. The zero-order valence-electron chi connectivity index (χ0n) is 10.4. The molecule has 18 heavy (non-hydrogen) atoms. The molecule has 2 N–H and O–H groups in total. The molecule has 2 atom stereocenters. The summed E-state index contributed by atoms with van der Waals surface area (Å²) >= 11 is 5.92. The van der Waals surface area contributed by atoms with Crippen LogP contribution in [0.5, 0.6) is 0 Å². The highest BCUT2D eigenvalue weighted by atomic mass is 35.5. The van der Waals surface area contributed by atoms with Gasteiger partial charge in [-0.25, -0.2) is 0 Å². The minimum absolute atomic E-state index is 0.205. The van der Waals surface area contributed by atoms with E-state index in [4.69, 9.17) is 16.7 Å². The van der Waals surface area contributed by atoms with Crippen LogP contribution >= 0.6 is 11.6 Å². The lowest BCUT2D eigenvalue weighted by molar-refractivity contribution is -0.142. The molecule has 4 heteroatoms. The van der Waals surface area contributed by atoms with Crippen LogP contribution in [0.1, 0.15) is 31.2 Å². The van der Waals surface area contributed by atoms with Gasteiger partial charge in [0.2, 0.25) is 0 Å². The number of benzene rings is 1. The first-order valence-corrected chi connectivity index (χ1v) is 6.69. The van der Waals surface area contributed by atoms with Gasteiger partial charge in [0.25, 0.3) is 0 Å². The highest BCUT2D eigenvalue weighted by Gasteiger charge is 2.26. The summed E-state index contributed by atoms with van der Waals surface area (Å²) in [7, 11) is 0. The summed E-state index contributed by atoms with van der Waals surface area (Å²) in [6.07, 6.45) is 3.51. The Bertz CT molecular complexity index is 447. The van der Waals surface area contributed by atoms with Gasteiger partial charge in [-0.15, -0.1) is 0 Å². The molecule has 1 aromatic rings. The van der Waals surface area contributed by atoms with Crippen molar-refractivity contribution >= 4 is 23.3 Å². The van der Waals surface area contributed by atoms with Crippen LogP contribution < -0.4 is 5.32 Å². The molecule has 0 heterocycles. The van der Waals surface area contributed by atoms with Gasteiger partial charge in [-0.3, -0.25) is 4.79 Å². The molecule has 2 unspecified atom stereocenters. The van der Waals surface area contributed by atoms with Crippen LogP contribution in [0.25, 0.3) is 0 Å². The fourth-order valence-electron chi connectivity index (χ4n) is 2.55. The molecule has 0 bridgehead atoms. The predicted octanol–water partition coefficient (Wildman–Crippen LogP) is 3.70. The van der Waals surface area contributed by atoms with Crippen LogP contribution in [0.2, 0.25) is 5.02 Å². The van der Waals surface area contributed by atoms with Crippen molar-refractivity contribution in [3.05, 3.63) is 28.8 Å². The second-order valence-electron chi connectivity index (χ2n) is 5.00. The van der Waals surface area contributed by atoms with Crippen molar-refractivity contribution in [1.29, 1.82) is 0 Å². The first-order valence-electron chi connectivity index (χ1n) is 6.32. The monoisotopic (exact) mass is 267 g/mol. The molecule has 1 saturated carbocycles. The number of anilines is 1. The van der Waals surface area contributed by atoms with Gasteiger partial charge in [0.15, 0.2) is 0 Å². The van der Waals surface area contributed by atoms with E-state index >= 15 is 0 Å². The van der Waals surface area contributed by atoms with Crippen molar-refractivity contribution in [2.75, 3.05) is 5.32 Å². The zero-order chi connectivity index (χ0) is 13.1. The van der Waals surface area contributed by atoms with Crippen molar-refractivity contribution in [3.63, 3.8) is 0 Å². The summed E-state index contributed by atoms with van der Waals surface area (Å²) in [5.74, 6) is -0.877. The van der Waals surface area contributed by atoms with E-state index < -0.39 is 5.97 Å². The molecule has 2 rings (SSSR count). The fraction of sp³-hybridized carbons (Fsp3) is 0.500. The van der Waals surface area contributed by atoms with Gasteiger partial charge in [-0.1, -0.05) is 18.0 Å². The molecule has 1 aromatic carbocycles. The normalized spacial score (nSPS) is 23.7. The minimum atomic E-state index is -0.672.